The molecule has 1 fully saturated rings. The van der Waals surface area contributed by atoms with E-state index in [1.807, 2.05) is 0 Å². The van der Waals surface area contributed by atoms with E-state index in [1.54, 1.807) is 35.2 Å². The molecule has 0 radical (unpaired) electrons. The van der Waals surface area contributed by atoms with Gasteiger partial charge in [-0.3, -0.25) is 9.59 Å². The highest BCUT2D eigenvalue weighted by Crippen LogP contribution is 2.21. The van der Waals surface area contributed by atoms with Crippen LogP contribution >= 0.6 is 0 Å². The molecule has 3 rings (SSSR count). The van der Waals surface area contributed by atoms with Gasteiger partial charge < -0.3 is 15.0 Å². The Labute approximate surface area is 162 Å². The van der Waals surface area contributed by atoms with E-state index in [0.29, 0.717) is 42.7 Å². The number of piperidine rings is 1. The number of halogens is 1. The van der Waals surface area contributed by atoms with Crippen LogP contribution in [0.1, 0.15) is 33.6 Å². The lowest BCUT2D eigenvalue weighted by Crippen LogP contribution is -2.41. The largest absolute Gasteiger partial charge is 0.465 e. The SMILES string of the molecule is COC(=O)c1ccc(NC(=O)C2CCN(C(=O)c3cccc(F)c3)CC2)cc1. The van der Waals surface area contributed by atoms with Crippen molar-refractivity contribution in [2.24, 2.45) is 5.92 Å². The zero-order valence-corrected chi connectivity index (χ0v) is 15.5. The highest BCUT2D eigenvalue weighted by Gasteiger charge is 2.28. The molecule has 0 bridgehead atoms. The summed E-state index contributed by atoms with van der Waals surface area (Å²) in [6.45, 7) is 0.878. The first-order valence-electron chi connectivity index (χ1n) is 9.02. The van der Waals surface area contributed by atoms with Gasteiger partial charge in [0.15, 0.2) is 0 Å². The molecular formula is C21H21FN2O4. The highest BCUT2D eigenvalue weighted by atomic mass is 19.1. The van der Waals surface area contributed by atoms with Crippen molar-refractivity contribution in [3.05, 3.63) is 65.5 Å². The van der Waals surface area contributed by atoms with Crippen LogP contribution in [-0.4, -0.2) is 42.9 Å². The number of likely N-dealkylation sites (tertiary alicyclic amines) is 1. The van der Waals surface area contributed by atoms with Gasteiger partial charge in [-0.05, 0) is 55.3 Å². The first-order valence-corrected chi connectivity index (χ1v) is 9.02. The van der Waals surface area contributed by atoms with Gasteiger partial charge in [-0.25, -0.2) is 9.18 Å². The standard InChI is InChI=1S/C21H21FN2O4/c1-28-21(27)15-5-7-18(8-6-15)23-19(25)14-9-11-24(12-10-14)20(26)16-3-2-4-17(22)13-16/h2-8,13-14H,9-12H2,1H3,(H,23,25). The van der Waals surface area contributed by atoms with E-state index in [9.17, 15) is 18.8 Å². The smallest absolute Gasteiger partial charge is 0.337 e. The maximum absolute atomic E-state index is 13.3. The van der Waals surface area contributed by atoms with Crippen molar-refractivity contribution >= 4 is 23.5 Å². The molecule has 0 atom stereocenters. The summed E-state index contributed by atoms with van der Waals surface area (Å²) in [5.74, 6) is -1.44. The summed E-state index contributed by atoms with van der Waals surface area (Å²) in [6, 6.07) is 12.1. The maximum Gasteiger partial charge on any atom is 0.337 e. The number of nitrogens with zero attached hydrogens (tertiary/aromatic N) is 1. The summed E-state index contributed by atoms with van der Waals surface area (Å²) in [6.07, 6.45) is 1.07. The molecule has 0 aromatic heterocycles. The number of ether oxygens (including phenoxy) is 1. The maximum atomic E-state index is 13.3. The van der Waals surface area contributed by atoms with Gasteiger partial charge in [0, 0.05) is 30.3 Å². The van der Waals surface area contributed by atoms with Crippen molar-refractivity contribution in [1.82, 2.24) is 4.90 Å². The highest BCUT2D eigenvalue weighted by molar-refractivity contribution is 5.96. The van der Waals surface area contributed by atoms with Crippen molar-refractivity contribution in [1.29, 1.82) is 0 Å². The van der Waals surface area contributed by atoms with E-state index in [2.05, 4.69) is 10.1 Å². The van der Waals surface area contributed by atoms with Crippen LogP contribution in [0.25, 0.3) is 0 Å². The number of carbonyl (C=O) groups is 3. The summed E-state index contributed by atoms with van der Waals surface area (Å²) in [7, 11) is 1.31. The molecule has 0 saturated carbocycles. The van der Waals surface area contributed by atoms with Crippen LogP contribution in [0.3, 0.4) is 0 Å². The number of carbonyl (C=O) groups excluding carboxylic acids is 3. The predicted molar refractivity (Wildman–Crippen MR) is 101 cm³/mol. The Bertz CT molecular complexity index is 874. The van der Waals surface area contributed by atoms with Crippen LogP contribution in [0.15, 0.2) is 48.5 Å². The van der Waals surface area contributed by atoms with Crippen LogP contribution in [0.2, 0.25) is 0 Å². The van der Waals surface area contributed by atoms with E-state index in [1.165, 1.54) is 25.3 Å². The molecule has 6 nitrogen and oxygen atoms in total. The molecule has 1 aliphatic heterocycles. The Morgan fingerprint density at radius 1 is 1.04 bits per heavy atom. The number of hydrogen-bond acceptors (Lipinski definition) is 4. The average Bonchev–Trinajstić information content (AvgIpc) is 2.73. The lowest BCUT2D eigenvalue weighted by atomic mass is 9.95. The fourth-order valence-corrected chi connectivity index (χ4v) is 3.20. The normalized spacial score (nSPS) is 14.4. The zero-order valence-electron chi connectivity index (χ0n) is 15.5. The van der Waals surface area contributed by atoms with Crippen LogP contribution in [0.4, 0.5) is 10.1 Å². The second kappa shape index (κ2) is 8.65. The fraction of sp³-hybridized carbons (Fsp3) is 0.286. The van der Waals surface area contributed by atoms with Crippen molar-refractivity contribution in [2.45, 2.75) is 12.8 Å². The molecule has 2 amide bonds. The van der Waals surface area contributed by atoms with Gasteiger partial charge in [-0.15, -0.1) is 0 Å². The molecular weight excluding hydrogens is 363 g/mol. The Morgan fingerprint density at radius 3 is 2.32 bits per heavy atom. The zero-order chi connectivity index (χ0) is 20.1. The second-order valence-electron chi connectivity index (χ2n) is 6.64. The van der Waals surface area contributed by atoms with E-state index >= 15 is 0 Å². The molecule has 2 aromatic carbocycles. The number of benzene rings is 2. The molecule has 1 heterocycles. The number of amides is 2. The molecule has 0 unspecified atom stereocenters. The van der Waals surface area contributed by atoms with Gasteiger partial charge in [0.25, 0.3) is 5.91 Å². The van der Waals surface area contributed by atoms with Crippen molar-refractivity contribution in [3.8, 4) is 0 Å². The predicted octanol–water partition coefficient (Wildman–Crippen LogP) is 3.10. The molecule has 146 valence electrons. The molecule has 0 spiro atoms. The third kappa shape index (κ3) is 4.54. The number of rotatable bonds is 4. The number of esters is 1. The minimum Gasteiger partial charge on any atom is -0.465 e. The molecule has 7 heteroatoms. The first kappa shape index (κ1) is 19.5. The quantitative estimate of drug-likeness (QED) is 0.822. The van der Waals surface area contributed by atoms with Gasteiger partial charge >= 0.3 is 5.97 Å². The van der Waals surface area contributed by atoms with E-state index in [4.69, 9.17) is 0 Å². The molecule has 1 N–H and O–H groups in total. The molecule has 1 aliphatic rings. The third-order valence-electron chi connectivity index (χ3n) is 4.80. The van der Waals surface area contributed by atoms with Gasteiger partial charge in [0.2, 0.25) is 5.91 Å². The van der Waals surface area contributed by atoms with Crippen LogP contribution in [0.5, 0.6) is 0 Å². The summed E-state index contributed by atoms with van der Waals surface area (Å²) in [5.41, 5.74) is 1.31. The number of anilines is 1. The number of nitrogens with one attached hydrogen (secondary N) is 1. The second-order valence-corrected chi connectivity index (χ2v) is 6.64. The molecule has 28 heavy (non-hydrogen) atoms. The summed E-state index contributed by atoms with van der Waals surface area (Å²) >= 11 is 0. The van der Waals surface area contributed by atoms with Gasteiger partial charge in [0.1, 0.15) is 5.82 Å². The van der Waals surface area contributed by atoms with Crippen molar-refractivity contribution in [2.75, 3.05) is 25.5 Å². The van der Waals surface area contributed by atoms with Crippen molar-refractivity contribution < 1.29 is 23.5 Å². The number of methoxy groups -OCH3 is 1. The first-order chi connectivity index (χ1) is 13.5. The third-order valence-corrected chi connectivity index (χ3v) is 4.80. The van der Waals surface area contributed by atoms with Gasteiger partial charge in [0.05, 0.1) is 12.7 Å². The number of hydrogen-bond donors (Lipinski definition) is 1. The van der Waals surface area contributed by atoms with Crippen LogP contribution < -0.4 is 5.32 Å². The van der Waals surface area contributed by atoms with Gasteiger partial charge in [-0.2, -0.15) is 0 Å². The van der Waals surface area contributed by atoms with Crippen LogP contribution in [-0.2, 0) is 9.53 Å². The van der Waals surface area contributed by atoms with Crippen LogP contribution in [0, 0.1) is 11.7 Å². The van der Waals surface area contributed by atoms with Gasteiger partial charge in [-0.1, -0.05) is 6.07 Å². The fourth-order valence-electron chi connectivity index (χ4n) is 3.20. The Kier molecular flexibility index (Phi) is 6.03. The summed E-state index contributed by atoms with van der Waals surface area (Å²) < 4.78 is 18.0. The minimum atomic E-state index is -0.446. The van der Waals surface area contributed by atoms with E-state index in [-0.39, 0.29) is 17.7 Å². The monoisotopic (exact) mass is 384 g/mol. The molecule has 2 aromatic rings. The van der Waals surface area contributed by atoms with E-state index < -0.39 is 11.8 Å². The topological polar surface area (TPSA) is 75.7 Å². The summed E-state index contributed by atoms with van der Waals surface area (Å²) in [5, 5.41) is 2.83. The average molecular weight is 384 g/mol. The Morgan fingerprint density at radius 2 is 1.71 bits per heavy atom. The molecule has 1 saturated heterocycles. The Balaban J connectivity index is 1.53. The lowest BCUT2D eigenvalue weighted by Gasteiger charge is -2.31. The summed E-state index contributed by atoms with van der Waals surface area (Å²) in [4.78, 5) is 38.0. The lowest BCUT2D eigenvalue weighted by molar-refractivity contribution is -0.121. The Hall–Kier alpha value is -3.22. The van der Waals surface area contributed by atoms with E-state index in [0.717, 1.165) is 0 Å². The van der Waals surface area contributed by atoms with Crippen molar-refractivity contribution in [3.63, 3.8) is 0 Å². The molecule has 0 aliphatic carbocycles. The minimum absolute atomic E-state index is 0.122.